The number of carbonyl (C=O) groups excluding carboxylic acids is 2. The van der Waals surface area contributed by atoms with Crippen LogP contribution in [0.15, 0.2) is 47.6 Å². The Hall–Kier alpha value is -3.59. The topological polar surface area (TPSA) is 107 Å². The predicted molar refractivity (Wildman–Crippen MR) is 136 cm³/mol. The lowest BCUT2D eigenvalue weighted by Gasteiger charge is -2.31. The number of benzene rings is 2. The van der Waals surface area contributed by atoms with Gasteiger partial charge in [-0.05, 0) is 62.7 Å². The number of likely N-dealkylation sites (tertiary alicyclic amines) is 1. The minimum atomic E-state index is -0.265. The highest BCUT2D eigenvalue weighted by atomic mass is 16.5. The molecule has 4 rings (SSSR count). The smallest absolute Gasteiger partial charge is 0.257 e. The highest BCUT2D eigenvalue weighted by Crippen LogP contribution is 2.37. The number of nitrogens with zero attached hydrogens (tertiary/aromatic N) is 3. The summed E-state index contributed by atoms with van der Waals surface area (Å²) < 4.78 is 16.5. The highest BCUT2D eigenvalue weighted by Gasteiger charge is 2.35. The van der Waals surface area contributed by atoms with Gasteiger partial charge in [-0.25, -0.2) is 5.01 Å². The van der Waals surface area contributed by atoms with E-state index in [0.29, 0.717) is 50.5 Å². The largest absolute Gasteiger partial charge is 0.497 e. The number of hydrogen-bond donors (Lipinski definition) is 1. The molecule has 2 aromatic carbocycles. The van der Waals surface area contributed by atoms with Crippen molar-refractivity contribution in [1.29, 1.82) is 0 Å². The Bertz CT molecular complexity index is 1110. The molecule has 2 aliphatic heterocycles. The van der Waals surface area contributed by atoms with E-state index in [1.54, 1.807) is 19.2 Å². The van der Waals surface area contributed by atoms with Crippen molar-refractivity contribution in [2.45, 2.75) is 32.2 Å². The fraction of sp³-hybridized carbons (Fsp3) is 0.444. The summed E-state index contributed by atoms with van der Waals surface area (Å²) in [6, 6.07) is 13.1. The van der Waals surface area contributed by atoms with Crippen LogP contribution in [0, 0.1) is 5.92 Å². The summed E-state index contributed by atoms with van der Waals surface area (Å²) in [5.74, 6) is 1.64. The van der Waals surface area contributed by atoms with Crippen molar-refractivity contribution in [2.75, 3.05) is 40.5 Å². The van der Waals surface area contributed by atoms with E-state index in [1.807, 2.05) is 49.4 Å². The molecule has 2 aliphatic rings. The van der Waals surface area contributed by atoms with Gasteiger partial charge in [0, 0.05) is 24.0 Å². The predicted octanol–water partition coefficient (Wildman–Crippen LogP) is 2.98. The summed E-state index contributed by atoms with van der Waals surface area (Å²) in [7, 11) is 3.21. The summed E-state index contributed by atoms with van der Waals surface area (Å²) in [5, 5.41) is 6.39. The molecule has 2 amide bonds. The van der Waals surface area contributed by atoms with Gasteiger partial charge >= 0.3 is 0 Å². The number of methoxy groups -OCH3 is 2. The molecule has 1 fully saturated rings. The summed E-state index contributed by atoms with van der Waals surface area (Å²) in [6.45, 7) is 4.08. The SMILES string of the molecule is CCOc1ccc([C@H]2CC(c3ccc(OC)cc3OC)=NN2C(=O)CN2CCC(C(N)=O)CC2)cc1. The second-order valence-corrected chi connectivity index (χ2v) is 9.03. The van der Waals surface area contributed by atoms with Crippen LogP contribution in [0.5, 0.6) is 17.2 Å². The number of hydrogen-bond acceptors (Lipinski definition) is 7. The minimum Gasteiger partial charge on any atom is -0.497 e. The Morgan fingerprint density at radius 1 is 1.03 bits per heavy atom. The Labute approximate surface area is 211 Å². The van der Waals surface area contributed by atoms with Crippen LogP contribution in [0.25, 0.3) is 0 Å². The molecule has 0 saturated carbocycles. The first-order valence-electron chi connectivity index (χ1n) is 12.3. The van der Waals surface area contributed by atoms with Gasteiger partial charge in [0.15, 0.2) is 0 Å². The zero-order valence-corrected chi connectivity index (χ0v) is 21.1. The molecule has 9 heteroatoms. The second kappa shape index (κ2) is 11.4. The van der Waals surface area contributed by atoms with Crippen LogP contribution in [0.3, 0.4) is 0 Å². The molecular formula is C27H34N4O5. The highest BCUT2D eigenvalue weighted by molar-refractivity contribution is 6.05. The summed E-state index contributed by atoms with van der Waals surface area (Å²) in [5.41, 5.74) is 8.04. The van der Waals surface area contributed by atoms with E-state index in [1.165, 1.54) is 0 Å². The molecule has 1 atom stereocenters. The van der Waals surface area contributed by atoms with Crippen molar-refractivity contribution in [2.24, 2.45) is 16.8 Å². The third-order valence-electron chi connectivity index (χ3n) is 6.81. The number of primary amides is 1. The van der Waals surface area contributed by atoms with Gasteiger partial charge in [-0.2, -0.15) is 5.10 Å². The van der Waals surface area contributed by atoms with Crippen LogP contribution in [-0.4, -0.2) is 67.9 Å². The van der Waals surface area contributed by atoms with Crippen molar-refractivity contribution in [3.8, 4) is 17.2 Å². The molecule has 0 unspecified atom stereocenters. The van der Waals surface area contributed by atoms with Gasteiger partial charge in [-0.15, -0.1) is 0 Å². The first-order chi connectivity index (χ1) is 17.4. The quantitative estimate of drug-likeness (QED) is 0.574. The van der Waals surface area contributed by atoms with Crippen LogP contribution in [0.4, 0.5) is 0 Å². The molecule has 2 aromatic rings. The average Bonchev–Trinajstić information content (AvgIpc) is 3.34. The molecule has 0 bridgehead atoms. The third kappa shape index (κ3) is 5.62. The van der Waals surface area contributed by atoms with Gasteiger partial charge in [-0.3, -0.25) is 14.5 Å². The summed E-state index contributed by atoms with van der Waals surface area (Å²) in [6.07, 6.45) is 1.89. The standard InChI is InChI=1S/C27H34N4O5/c1-4-36-20-7-5-18(6-8-20)24-16-23(22-10-9-21(34-2)15-25(22)35-3)29-31(24)26(32)17-30-13-11-19(12-14-30)27(28)33/h5-10,15,19,24H,4,11-14,16-17H2,1-3H3,(H2,28,33)/t24-/m1/s1. The molecule has 0 aliphatic carbocycles. The van der Waals surface area contributed by atoms with Gasteiger partial charge in [0.25, 0.3) is 5.91 Å². The maximum absolute atomic E-state index is 13.5. The van der Waals surface area contributed by atoms with Gasteiger partial charge in [-0.1, -0.05) is 12.1 Å². The molecule has 9 nitrogen and oxygen atoms in total. The number of ether oxygens (including phenoxy) is 3. The van der Waals surface area contributed by atoms with E-state index < -0.39 is 0 Å². The van der Waals surface area contributed by atoms with E-state index in [0.717, 1.165) is 22.6 Å². The number of nitrogens with two attached hydrogens (primary N) is 1. The Kier molecular flexibility index (Phi) is 8.10. The van der Waals surface area contributed by atoms with Crippen LogP contribution in [0.1, 0.15) is 43.4 Å². The van der Waals surface area contributed by atoms with Crippen molar-refractivity contribution in [1.82, 2.24) is 9.91 Å². The van der Waals surface area contributed by atoms with Crippen LogP contribution in [0.2, 0.25) is 0 Å². The van der Waals surface area contributed by atoms with Gasteiger partial charge in [0.2, 0.25) is 5.91 Å². The lowest BCUT2D eigenvalue weighted by atomic mass is 9.96. The van der Waals surface area contributed by atoms with E-state index in [2.05, 4.69) is 4.90 Å². The maximum Gasteiger partial charge on any atom is 0.257 e. The van der Waals surface area contributed by atoms with E-state index in [4.69, 9.17) is 25.0 Å². The first-order valence-corrected chi connectivity index (χ1v) is 12.3. The van der Waals surface area contributed by atoms with Gasteiger partial charge < -0.3 is 19.9 Å². The lowest BCUT2D eigenvalue weighted by Crippen LogP contribution is -2.43. The summed E-state index contributed by atoms with van der Waals surface area (Å²) in [4.78, 5) is 27.1. The van der Waals surface area contributed by atoms with Crippen LogP contribution < -0.4 is 19.9 Å². The molecule has 0 spiro atoms. The first kappa shape index (κ1) is 25.5. The fourth-order valence-corrected chi connectivity index (χ4v) is 4.79. The van der Waals surface area contributed by atoms with Gasteiger partial charge in [0.1, 0.15) is 17.2 Å². The molecule has 36 heavy (non-hydrogen) atoms. The second-order valence-electron chi connectivity index (χ2n) is 9.03. The third-order valence-corrected chi connectivity index (χ3v) is 6.81. The molecule has 0 radical (unpaired) electrons. The van der Waals surface area contributed by atoms with E-state index in [9.17, 15) is 9.59 Å². The van der Waals surface area contributed by atoms with E-state index >= 15 is 0 Å². The number of carbonyl (C=O) groups is 2. The summed E-state index contributed by atoms with van der Waals surface area (Å²) >= 11 is 0. The van der Waals surface area contributed by atoms with Crippen molar-refractivity contribution in [3.05, 3.63) is 53.6 Å². The fourth-order valence-electron chi connectivity index (χ4n) is 4.79. The molecule has 2 heterocycles. The zero-order valence-electron chi connectivity index (χ0n) is 21.1. The number of hydrazone groups is 1. The maximum atomic E-state index is 13.5. The minimum absolute atomic E-state index is 0.0890. The molecule has 2 N–H and O–H groups in total. The zero-order chi connectivity index (χ0) is 25.7. The average molecular weight is 495 g/mol. The van der Waals surface area contributed by atoms with Crippen LogP contribution >= 0.6 is 0 Å². The van der Waals surface area contributed by atoms with Crippen LogP contribution in [-0.2, 0) is 9.59 Å². The Morgan fingerprint density at radius 2 is 1.72 bits per heavy atom. The lowest BCUT2D eigenvalue weighted by molar-refractivity contribution is -0.134. The molecular weight excluding hydrogens is 460 g/mol. The van der Waals surface area contributed by atoms with E-state index in [-0.39, 0.29) is 30.3 Å². The molecule has 192 valence electrons. The molecule has 1 saturated heterocycles. The normalized spacial score (nSPS) is 18.6. The number of piperidine rings is 1. The Balaban J connectivity index is 1.58. The molecule has 0 aromatic heterocycles. The number of rotatable bonds is 9. The van der Waals surface area contributed by atoms with Gasteiger partial charge in [0.05, 0.1) is 39.1 Å². The van der Waals surface area contributed by atoms with Crippen molar-refractivity contribution >= 4 is 17.5 Å². The van der Waals surface area contributed by atoms with Crippen molar-refractivity contribution in [3.63, 3.8) is 0 Å². The van der Waals surface area contributed by atoms with Crippen molar-refractivity contribution < 1.29 is 23.8 Å². The Morgan fingerprint density at radius 3 is 2.33 bits per heavy atom. The number of amides is 2. The monoisotopic (exact) mass is 494 g/mol.